The molecule has 0 aliphatic rings. The molecule has 4 rings (SSSR count). The lowest BCUT2D eigenvalue weighted by atomic mass is 10.1. The van der Waals surface area contributed by atoms with Crippen molar-refractivity contribution in [1.82, 2.24) is 20.6 Å². The summed E-state index contributed by atoms with van der Waals surface area (Å²) in [6, 6.07) is 20.5. The van der Waals surface area contributed by atoms with E-state index in [1.165, 1.54) is 33.8 Å². The van der Waals surface area contributed by atoms with Gasteiger partial charge in [-0.1, -0.05) is 83.3 Å². The largest absolute Gasteiger partial charge is 0.466 e. The predicted octanol–water partition coefficient (Wildman–Crippen LogP) is 4.88. The van der Waals surface area contributed by atoms with Gasteiger partial charge in [-0.05, 0) is 37.8 Å². The number of nitrogens with zero attached hydrogens (tertiary/aromatic N) is 2. The van der Waals surface area contributed by atoms with Crippen LogP contribution in [-0.4, -0.2) is 72.5 Å². The average Bonchev–Trinajstić information content (AvgIpc) is 3.79. The average molecular weight is 665 g/mol. The molecule has 0 radical (unpaired) electrons. The number of nitrogens with one attached hydrogen (secondary N) is 2. The summed E-state index contributed by atoms with van der Waals surface area (Å²) >= 11 is 2.70. The van der Waals surface area contributed by atoms with Crippen molar-refractivity contribution < 1.29 is 28.5 Å². The molecule has 2 N–H and O–H groups in total. The lowest BCUT2D eigenvalue weighted by Gasteiger charge is -2.21. The molecule has 2 aromatic carbocycles. The van der Waals surface area contributed by atoms with Gasteiger partial charge in [0.2, 0.25) is 0 Å². The smallest absolute Gasteiger partial charge is 0.331 e. The van der Waals surface area contributed by atoms with E-state index in [2.05, 4.69) is 58.7 Å². The fourth-order valence-corrected chi connectivity index (χ4v) is 5.44. The second kappa shape index (κ2) is 19.4. The number of ether oxygens (including phenoxy) is 4. The van der Waals surface area contributed by atoms with Crippen LogP contribution in [0.2, 0.25) is 0 Å². The Hall–Kier alpha value is -4.10. The molecule has 4 unspecified atom stereocenters. The number of rotatable bonds is 20. The molecule has 2 aromatic heterocycles. The molecule has 0 bridgehead atoms. The first-order chi connectivity index (χ1) is 22.4. The summed E-state index contributed by atoms with van der Waals surface area (Å²) in [6.45, 7) is 5.04. The molecule has 0 aliphatic heterocycles. The van der Waals surface area contributed by atoms with Gasteiger partial charge >= 0.3 is 11.9 Å². The summed E-state index contributed by atoms with van der Waals surface area (Å²) in [5, 5.41) is 11.4. The molecule has 0 saturated carbocycles. The van der Waals surface area contributed by atoms with Crippen LogP contribution in [0, 0.1) is 0 Å². The van der Waals surface area contributed by atoms with E-state index in [1.807, 2.05) is 36.4 Å². The molecule has 4 aromatic rings. The van der Waals surface area contributed by atoms with Crippen molar-refractivity contribution in [3.63, 3.8) is 0 Å². The van der Waals surface area contributed by atoms with Crippen molar-refractivity contribution in [2.24, 2.45) is 0 Å². The molecule has 2 heterocycles. The van der Waals surface area contributed by atoms with Crippen LogP contribution in [0.25, 0.3) is 0 Å². The maximum Gasteiger partial charge on any atom is 0.331 e. The quantitative estimate of drug-likeness (QED) is 0.1000. The topological polar surface area (TPSA) is 121 Å². The van der Waals surface area contributed by atoms with Gasteiger partial charge < -0.3 is 29.6 Å². The van der Waals surface area contributed by atoms with Gasteiger partial charge in [0.1, 0.15) is 25.4 Å². The van der Waals surface area contributed by atoms with Crippen molar-refractivity contribution in [3.05, 3.63) is 107 Å². The van der Waals surface area contributed by atoms with Crippen LogP contribution in [0.3, 0.4) is 0 Å². The highest BCUT2D eigenvalue weighted by atomic mass is 32.1. The molecule has 10 nitrogen and oxygen atoms in total. The molecule has 12 heteroatoms. The van der Waals surface area contributed by atoms with Gasteiger partial charge in [-0.2, -0.15) is 0 Å². The molecular formula is C34H40N4O6S2. The van der Waals surface area contributed by atoms with Crippen LogP contribution in [0.5, 0.6) is 10.4 Å². The summed E-state index contributed by atoms with van der Waals surface area (Å²) in [5.74, 6) is -1.38. The maximum atomic E-state index is 12.8. The maximum absolute atomic E-state index is 12.8. The Morgan fingerprint density at radius 2 is 1.11 bits per heavy atom. The molecule has 0 fully saturated rings. The summed E-state index contributed by atoms with van der Waals surface area (Å²) in [6.07, 6.45) is 5.80. The highest BCUT2D eigenvalue weighted by molar-refractivity contribution is 7.11. The summed E-state index contributed by atoms with van der Waals surface area (Å²) < 4.78 is 22.8. The van der Waals surface area contributed by atoms with Crippen LogP contribution >= 0.6 is 22.7 Å². The van der Waals surface area contributed by atoms with E-state index in [-0.39, 0.29) is 25.3 Å². The van der Waals surface area contributed by atoms with Crippen molar-refractivity contribution >= 4 is 34.6 Å². The van der Waals surface area contributed by atoms with Crippen LogP contribution < -0.4 is 20.1 Å². The number of esters is 2. The third-order valence-corrected chi connectivity index (χ3v) is 8.05. The Kier molecular flexibility index (Phi) is 14.7. The van der Waals surface area contributed by atoms with Crippen molar-refractivity contribution in [2.45, 2.75) is 51.0 Å². The van der Waals surface area contributed by atoms with Crippen molar-refractivity contribution in [3.8, 4) is 10.4 Å². The van der Waals surface area contributed by atoms with Gasteiger partial charge in [-0.3, -0.25) is 0 Å². The van der Waals surface area contributed by atoms with Gasteiger partial charge in [-0.25, -0.2) is 19.6 Å². The molecule has 0 saturated heterocycles. The van der Waals surface area contributed by atoms with Gasteiger partial charge in [0.15, 0.2) is 0 Å². The monoisotopic (exact) mass is 664 g/mol. The zero-order chi connectivity index (χ0) is 32.4. The lowest BCUT2D eigenvalue weighted by molar-refractivity contribution is -0.147. The fourth-order valence-electron chi connectivity index (χ4n) is 4.45. The number of thiazole rings is 2. The first-order valence-corrected chi connectivity index (χ1v) is 16.9. The Labute approximate surface area is 277 Å². The van der Waals surface area contributed by atoms with Gasteiger partial charge in [0.05, 0.1) is 0 Å². The fraction of sp³-hybridized carbons (Fsp3) is 0.353. The highest BCUT2D eigenvalue weighted by Crippen LogP contribution is 2.15. The number of hydrogen-bond donors (Lipinski definition) is 2. The third-order valence-electron chi connectivity index (χ3n) is 6.68. The van der Waals surface area contributed by atoms with E-state index < -0.39 is 24.1 Å². The minimum absolute atomic E-state index is 0.103. The number of carbonyl (C=O) groups excluding carboxylic acids is 2. The minimum atomic E-state index is -0.688. The van der Waals surface area contributed by atoms with Crippen LogP contribution in [0.4, 0.5) is 0 Å². The Morgan fingerprint density at radius 3 is 1.48 bits per heavy atom. The Bertz CT molecular complexity index is 1330. The SMILES string of the molecule is CC(Cc1ccccc1)NCC(COc1nccs1)OC(=O)/C=C\C(=O)OC(CNC(C)Cc1ccccc1)COc1nccs1. The van der Waals surface area contributed by atoms with E-state index in [1.54, 1.807) is 23.2 Å². The van der Waals surface area contributed by atoms with E-state index in [4.69, 9.17) is 18.9 Å². The zero-order valence-corrected chi connectivity index (χ0v) is 27.6. The number of benzene rings is 2. The number of hydrogen-bond acceptors (Lipinski definition) is 12. The van der Waals surface area contributed by atoms with E-state index in [9.17, 15) is 9.59 Å². The number of aromatic nitrogens is 2. The molecule has 244 valence electrons. The van der Waals surface area contributed by atoms with Crippen molar-refractivity contribution in [2.75, 3.05) is 26.3 Å². The first-order valence-electron chi connectivity index (χ1n) is 15.1. The molecular weight excluding hydrogens is 625 g/mol. The van der Waals surface area contributed by atoms with Crippen LogP contribution in [-0.2, 0) is 31.9 Å². The molecule has 0 amide bonds. The Balaban J connectivity index is 1.28. The second-order valence-corrected chi connectivity index (χ2v) is 12.4. The Morgan fingerprint density at radius 1 is 0.696 bits per heavy atom. The normalized spacial score (nSPS) is 13.9. The van der Waals surface area contributed by atoms with Gasteiger partial charge in [-0.15, -0.1) is 0 Å². The highest BCUT2D eigenvalue weighted by Gasteiger charge is 2.19. The predicted molar refractivity (Wildman–Crippen MR) is 179 cm³/mol. The third kappa shape index (κ3) is 13.5. The van der Waals surface area contributed by atoms with Crippen molar-refractivity contribution in [1.29, 1.82) is 0 Å². The lowest BCUT2D eigenvalue weighted by Crippen LogP contribution is -2.40. The zero-order valence-electron chi connectivity index (χ0n) is 26.0. The number of carbonyl (C=O) groups is 2. The minimum Gasteiger partial charge on any atom is -0.466 e. The molecule has 0 aliphatic carbocycles. The van der Waals surface area contributed by atoms with Gasteiger partial charge in [0, 0.05) is 60.5 Å². The van der Waals surface area contributed by atoms with E-state index in [0.717, 1.165) is 25.0 Å². The van der Waals surface area contributed by atoms with Crippen LogP contribution in [0.15, 0.2) is 96.0 Å². The van der Waals surface area contributed by atoms with E-state index in [0.29, 0.717) is 23.5 Å². The summed E-state index contributed by atoms with van der Waals surface area (Å²) in [7, 11) is 0. The molecule has 0 spiro atoms. The molecule has 4 atom stereocenters. The summed E-state index contributed by atoms with van der Waals surface area (Å²) in [4.78, 5) is 33.8. The first kappa shape index (κ1) is 34.8. The molecule has 46 heavy (non-hydrogen) atoms. The van der Waals surface area contributed by atoms with Gasteiger partial charge in [0.25, 0.3) is 10.4 Å². The second-order valence-electron chi connectivity index (χ2n) is 10.7. The van der Waals surface area contributed by atoms with Crippen LogP contribution in [0.1, 0.15) is 25.0 Å². The standard InChI is InChI=1S/C34H40N4O6S2/c1-25(19-27-9-5-3-6-10-27)37-21-29(23-41-33-35-15-17-45-33)43-31(39)13-14-32(40)44-30(24-42-34-36-16-18-46-34)22-38-26(2)20-28-11-7-4-8-12-28/h3-18,25-26,29-30,37-38H,19-24H2,1-2H3/b14-13-. The van der Waals surface area contributed by atoms with E-state index >= 15 is 0 Å². The summed E-state index contributed by atoms with van der Waals surface area (Å²) in [5.41, 5.74) is 2.40.